The molecule has 2 rings (SSSR count). The average Bonchev–Trinajstić information content (AvgIpc) is 2.99. The minimum Gasteiger partial charge on any atom is -0.496 e. The fourth-order valence-corrected chi connectivity index (χ4v) is 3.00. The summed E-state index contributed by atoms with van der Waals surface area (Å²) in [6, 6.07) is 5.10. The summed E-state index contributed by atoms with van der Waals surface area (Å²) < 4.78 is 11.0. The van der Waals surface area contributed by atoms with E-state index < -0.39 is 12.1 Å². The van der Waals surface area contributed by atoms with Crippen LogP contribution in [0.3, 0.4) is 0 Å². The SMILES string of the molecule is COc1ccc(C(=O)O[C@H](C)C(=O)NC2CCCC2)cc1Br. The maximum absolute atomic E-state index is 12.1. The van der Waals surface area contributed by atoms with Crippen molar-refractivity contribution in [3.8, 4) is 5.75 Å². The lowest BCUT2D eigenvalue weighted by molar-refractivity contribution is -0.129. The maximum Gasteiger partial charge on any atom is 0.338 e. The van der Waals surface area contributed by atoms with Gasteiger partial charge in [0.1, 0.15) is 5.75 Å². The van der Waals surface area contributed by atoms with Crippen molar-refractivity contribution in [1.29, 1.82) is 0 Å². The number of methoxy groups -OCH3 is 1. The Morgan fingerprint density at radius 3 is 2.59 bits per heavy atom. The highest BCUT2D eigenvalue weighted by molar-refractivity contribution is 9.10. The molecule has 1 N–H and O–H groups in total. The van der Waals surface area contributed by atoms with E-state index in [0.29, 0.717) is 15.8 Å². The van der Waals surface area contributed by atoms with E-state index in [4.69, 9.17) is 9.47 Å². The Labute approximate surface area is 138 Å². The van der Waals surface area contributed by atoms with Crippen LogP contribution in [-0.4, -0.2) is 31.1 Å². The van der Waals surface area contributed by atoms with Gasteiger partial charge in [-0.3, -0.25) is 4.79 Å². The van der Waals surface area contributed by atoms with Crippen LogP contribution < -0.4 is 10.1 Å². The number of nitrogens with one attached hydrogen (secondary N) is 1. The topological polar surface area (TPSA) is 64.6 Å². The molecule has 0 heterocycles. The average molecular weight is 370 g/mol. The van der Waals surface area contributed by atoms with Gasteiger partial charge in [-0.1, -0.05) is 12.8 Å². The van der Waals surface area contributed by atoms with Crippen molar-refractivity contribution >= 4 is 27.8 Å². The molecule has 0 bridgehead atoms. The zero-order chi connectivity index (χ0) is 16.1. The van der Waals surface area contributed by atoms with Crippen LogP contribution in [0.4, 0.5) is 0 Å². The zero-order valence-corrected chi connectivity index (χ0v) is 14.3. The Balaban J connectivity index is 1.92. The Hall–Kier alpha value is -1.56. The van der Waals surface area contributed by atoms with Gasteiger partial charge >= 0.3 is 5.97 Å². The monoisotopic (exact) mass is 369 g/mol. The minimum absolute atomic E-state index is 0.212. The summed E-state index contributed by atoms with van der Waals surface area (Å²) in [5.41, 5.74) is 0.369. The van der Waals surface area contributed by atoms with E-state index in [-0.39, 0.29) is 11.9 Å². The molecule has 6 heteroatoms. The van der Waals surface area contributed by atoms with Gasteiger partial charge in [0.05, 0.1) is 17.1 Å². The first kappa shape index (κ1) is 16.8. The highest BCUT2D eigenvalue weighted by atomic mass is 79.9. The van der Waals surface area contributed by atoms with Gasteiger partial charge < -0.3 is 14.8 Å². The molecule has 1 aromatic carbocycles. The molecule has 0 spiro atoms. The number of rotatable bonds is 5. The van der Waals surface area contributed by atoms with E-state index in [1.807, 2.05) is 0 Å². The Morgan fingerprint density at radius 1 is 1.32 bits per heavy atom. The second kappa shape index (κ2) is 7.63. The summed E-state index contributed by atoms with van der Waals surface area (Å²) in [7, 11) is 1.55. The molecule has 0 radical (unpaired) electrons. The second-order valence-electron chi connectivity index (χ2n) is 5.39. The van der Waals surface area contributed by atoms with E-state index in [1.54, 1.807) is 32.2 Å². The molecule has 0 unspecified atom stereocenters. The van der Waals surface area contributed by atoms with Crippen LogP contribution in [0, 0.1) is 0 Å². The van der Waals surface area contributed by atoms with Crippen molar-refractivity contribution in [2.75, 3.05) is 7.11 Å². The van der Waals surface area contributed by atoms with Crippen LogP contribution in [0.2, 0.25) is 0 Å². The third-order valence-corrected chi connectivity index (χ3v) is 4.36. The molecule has 1 saturated carbocycles. The van der Waals surface area contributed by atoms with Gasteiger partial charge in [0.2, 0.25) is 0 Å². The number of carbonyl (C=O) groups is 2. The number of esters is 1. The van der Waals surface area contributed by atoms with Gasteiger partial charge in [-0.2, -0.15) is 0 Å². The molecule has 1 aliphatic rings. The van der Waals surface area contributed by atoms with Gasteiger partial charge in [0, 0.05) is 6.04 Å². The molecule has 1 amide bonds. The molecule has 22 heavy (non-hydrogen) atoms. The largest absolute Gasteiger partial charge is 0.496 e. The molecular formula is C16H20BrNO4. The van der Waals surface area contributed by atoms with Gasteiger partial charge in [-0.25, -0.2) is 4.79 Å². The van der Waals surface area contributed by atoms with E-state index >= 15 is 0 Å². The van der Waals surface area contributed by atoms with Gasteiger partial charge in [-0.15, -0.1) is 0 Å². The van der Waals surface area contributed by atoms with Crippen LogP contribution in [0.5, 0.6) is 5.75 Å². The van der Waals surface area contributed by atoms with Crippen LogP contribution in [0.15, 0.2) is 22.7 Å². The van der Waals surface area contributed by atoms with Gasteiger partial charge in [0.15, 0.2) is 6.10 Å². The highest BCUT2D eigenvalue weighted by Gasteiger charge is 2.23. The molecule has 0 aliphatic heterocycles. The lowest BCUT2D eigenvalue weighted by Gasteiger charge is -2.17. The highest BCUT2D eigenvalue weighted by Crippen LogP contribution is 2.26. The van der Waals surface area contributed by atoms with Crippen LogP contribution in [0.1, 0.15) is 43.0 Å². The number of hydrogen-bond donors (Lipinski definition) is 1. The Morgan fingerprint density at radius 2 is 2.00 bits per heavy atom. The molecule has 1 aromatic rings. The second-order valence-corrected chi connectivity index (χ2v) is 6.24. The quantitative estimate of drug-likeness (QED) is 0.810. The fourth-order valence-electron chi connectivity index (χ4n) is 2.46. The molecule has 5 nitrogen and oxygen atoms in total. The summed E-state index contributed by atoms with van der Waals surface area (Å²) in [5, 5.41) is 2.92. The van der Waals surface area contributed by atoms with E-state index in [0.717, 1.165) is 25.7 Å². The maximum atomic E-state index is 12.1. The number of hydrogen-bond acceptors (Lipinski definition) is 4. The number of halogens is 1. The summed E-state index contributed by atoms with van der Waals surface area (Å²) in [5.74, 6) is -0.145. The van der Waals surface area contributed by atoms with Gasteiger partial charge in [0.25, 0.3) is 5.91 Å². The molecule has 0 aromatic heterocycles. The molecule has 120 valence electrons. The summed E-state index contributed by atoms with van der Waals surface area (Å²) >= 11 is 3.32. The number of amides is 1. The molecule has 1 aliphatic carbocycles. The standard InChI is InChI=1S/C16H20BrNO4/c1-10(15(19)18-12-5-3-4-6-12)22-16(20)11-7-8-14(21-2)13(17)9-11/h7-10,12H,3-6H2,1-2H3,(H,18,19)/t10-/m1/s1. The van der Waals surface area contributed by atoms with E-state index in [2.05, 4.69) is 21.2 Å². The van der Waals surface area contributed by atoms with Crippen molar-refractivity contribution < 1.29 is 19.1 Å². The Kier molecular flexibility index (Phi) is 5.83. The third-order valence-electron chi connectivity index (χ3n) is 3.74. The third kappa shape index (κ3) is 4.22. The first-order chi connectivity index (χ1) is 10.5. The Bertz CT molecular complexity index is 555. The smallest absolute Gasteiger partial charge is 0.338 e. The number of ether oxygens (including phenoxy) is 2. The molecule has 1 fully saturated rings. The van der Waals surface area contributed by atoms with Crippen LogP contribution in [-0.2, 0) is 9.53 Å². The predicted octanol–water partition coefficient (Wildman–Crippen LogP) is 3.06. The van der Waals surface area contributed by atoms with Gasteiger partial charge in [-0.05, 0) is 53.9 Å². The van der Waals surface area contributed by atoms with E-state index in [9.17, 15) is 9.59 Å². The van der Waals surface area contributed by atoms with Crippen LogP contribution >= 0.6 is 15.9 Å². The van der Waals surface area contributed by atoms with Crippen molar-refractivity contribution in [2.24, 2.45) is 0 Å². The van der Waals surface area contributed by atoms with E-state index in [1.165, 1.54) is 0 Å². The summed E-state index contributed by atoms with van der Waals surface area (Å²) in [6.07, 6.45) is 3.46. The minimum atomic E-state index is -0.811. The molecule has 1 atom stereocenters. The number of carbonyl (C=O) groups excluding carboxylic acids is 2. The summed E-state index contributed by atoms with van der Waals surface area (Å²) in [4.78, 5) is 24.1. The lowest BCUT2D eigenvalue weighted by atomic mass is 10.2. The first-order valence-electron chi connectivity index (χ1n) is 7.36. The van der Waals surface area contributed by atoms with Crippen molar-refractivity contribution in [2.45, 2.75) is 44.8 Å². The van der Waals surface area contributed by atoms with Crippen molar-refractivity contribution in [3.05, 3.63) is 28.2 Å². The fraction of sp³-hybridized carbons (Fsp3) is 0.500. The molecule has 0 saturated heterocycles. The lowest BCUT2D eigenvalue weighted by Crippen LogP contribution is -2.40. The van der Waals surface area contributed by atoms with Crippen molar-refractivity contribution in [3.63, 3.8) is 0 Å². The first-order valence-corrected chi connectivity index (χ1v) is 8.15. The zero-order valence-electron chi connectivity index (χ0n) is 12.7. The number of benzene rings is 1. The predicted molar refractivity (Wildman–Crippen MR) is 86.0 cm³/mol. The van der Waals surface area contributed by atoms with Crippen molar-refractivity contribution in [1.82, 2.24) is 5.32 Å². The molecular weight excluding hydrogens is 350 g/mol. The normalized spacial score (nSPS) is 16.1. The van der Waals surface area contributed by atoms with Crippen LogP contribution in [0.25, 0.3) is 0 Å². The summed E-state index contributed by atoms with van der Waals surface area (Å²) in [6.45, 7) is 1.58.